The van der Waals surface area contributed by atoms with Crippen molar-refractivity contribution in [3.05, 3.63) is 0 Å². The summed E-state index contributed by atoms with van der Waals surface area (Å²) in [5.41, 5.74) is -1.16. The molecule has 16 heavy (non-hydrogen) atoms. The summed E-state index contributed by atoms with van der Waals surface area (Å²) in [6.07, 6.45) is 3.13. The molecular weight excluding hydrogens is 208 g/mol. The Bertz CT molecular complexity index is 285. The van der Waals surface area contributed by atoms with E-state index in [0.29, 0.717) is 6.54 Å². The molecule has 0 unspecified atom stereocenters. The Hall–Kier alpha value is -1.26. The van der Waals surface area contributed by atoms with Crippen LogP contribution in [0.1, 0.15) is 40.0 Å². The van der Waals surface area contributed by atoms with Gasteiger partial charge in [-0.3, -0.25) is 0 Å². The number of carboxylic acids is 1. The molecule has 5 heteroatoms. The second-order valence-electron chi connectivity index (χ2n) is 4.69. The predicted molar refractivity (Wildman–Crippen MR) is 60.3 cm³/mol. The lowest BCUT2D eigenvalue weighted by atomic mass is 9.93. The van der Waals surface area contributed by atoms with Gasteiger partial charge in [0.05, 0.1) is 0 Å². The first-order valence-electron chi connectivity index (χ1n) is 5.71. The monoisotopic (exact) mass is 228 g/mol. The number of amides is 2. The standard InChI is InChI=1S/C11H20N2O3/c1-4-13(11(2,3)9(14)15)10(16)12-8-6-5-7-8/h8H,4-7H2,1-3H3,(H,12,16)(H,14,15). The summed E-state index contributed by atoms with van der Waals surface area (Å²) in [7, 11) is 0. The van der Waals surface area contributed by atoms with Gasteiger partial charge in [0.2, 0.25) is 0 Å². The predicted octanol–water partition coefficient (Wildman–Crippen LogP) is 1.43. The smallest absolute Gasteiger partial charge is 0.329 e. The maximum Gasteiger partial charge on any atom is 0.329 e. The van der Waals surface area contributed by atoms with Crippen molar-refractivity contribution in [3.8, 4) is 0 Å². The molecule has 0 spiro atoms. The van der Waals surface area contributed by atoms with E-state index < -0.39 is 11.5 Å². The first kappa shape index (κ1) is 12.8. The number of carbonyl (C=O) groups is 2. The van der Waals surface area contributed by atoms with Crippen LogP contribution in [0.5, 0.6) is 0 Å². The lowest BCUT2D eigenvalue weighted by molar-refractivity contribution is -0.147. The van der Waals surface area contributed by atoms with Crippen LogP contribution in [-0.2, 0) is 4.79 Å². The molecule has 0 radical (unpaired) electrons. The number of urea groups is 1. The number of rotatable bonds is 4. The van der Waals surface area contributed by atoms with Gasteiger partial charge >= 0.3 is 12.0 Å². The van der Waals surface area contributed by atoms with Crippen molar-refractivity contribution in [1.82, 2.24) is 10.2 Å². The molecule has 0 aromatic heterocycles. The lowest BCUT2D eigenvalue weighted by Crippen LogP contribution is -2.58. The van der Waals surface area contributed by atoms with E-state index in [1.165, 1.54) is 4.90 Å². The third-order valence-corrected chi connectivity index (χ3v) is 3.19. The first-order valence-corrected chi connectivity index (χ1v) is 5.71. The summed E-state index contributed by atoms with van der Waals surface area (Å²) in [5, 5.41) is 11.9. The molecule has 0 atom stereocenters. The number of aliphatic carboxylic acids is 1. The Labute approximate surface area is 95.8 Å². The van der Waals surface area contributed by atoms with Crippen molar-refractivity contribution >= 4 is 12.0 Å². The minimum absolute atomic E-state index is 0.228. The van der Waals surface area contributed by atoms with E-state index in [-0.39, 0.29) is 12.1 Å². The summed E-state index contributed by atoms with van der Waals surface area (Å²) >= 11 is 0. The minimum atomic E-state index is -1.16. The highest BCUT2D eigenvalue weighted by molar-refractivity contribution is 5.85. The minimum Gasteiger partial charge on any atom is -0.480 e. The molecule has 1 aliphatic carbocycles. The van der Waals surface area contributed by atoms with Gasteiger partial charge in [0.1, 0.15) is 5.54 Å². The normalized spacial score (nSPS) is 16.4. The maximum atomic E-state index is 11.9. The third kappa shape index (κ3) is 2.46. The zero-order valence-electron chi connectivity index (χ0n) is 10.1. The van der Waals surface area contributed by atoms with Crippen molar-refractivity contribution in [2.24, 2.45) is 0 Å². The SMILES string of the molecule is CCN(C(=O)NC1CCC1)C(C)(C)C(=O)O. The molecule has 1 fully saturated rings. The number of hydrogen-bond donors (Lipinski definition) is 2. The van der Waals surface area contributed by atoms with Crippen molar-refractivity contribution in [3.63, 3.8) is 0 Å². The van der Waals surface area contributed by atoms with Crippen LogP contribution in [0.2, 0.25) is 0 Å². The summed E-state index contributed by atoms with van der Waals surface area (Å²) < 4.78 is 0. The highest BCUT2D eigenvalue weighted by Crippen LogP contribution is 2.20. The molecule has 2 amide bonds. The molecule has 0 saturated heterocycles. The van der Waals surface area contributed by atoms with Gasteiger partial charge in [-0.25, -0.2) is 9.59 Å². The number of carboxylic acid groups (broad SMARTS) is 1. The fourth-order valence-electron chi connectivity index (χ4n) is 1.71. The molecule has 1 saturated carbocycles. The van der Waals surface area contributed by atoms with Crippen molar-refractivity contribution in [2.75, 3.05) is 6.54 Å². The highest BCUT2D eigenvalue weighted by atomic mass is 16.4. The molecular formula is C11H20N2O3. The topological polar surface area (TPSA) is 69.6 Å². The molecule has 5 nitrogen and oxygen atoms in total. The fraction of sp³-hybridized carbons (Fsp3) is 0.818. The molecule has 92 valence electrons. The van der Waals surface area contributed by atoms with Gasteiger partial charge in [-0.05, 0) is 40.0 Å². The van der Waals surface area contributed by atoms with Crippen LogP contribution >= 0.6 is 0 Å². The van der Waals surface area contributed by atoms with Gasteiger partial charge < -0.3 is 15.3 Å². The van der Waals surface area contributed by atoms with E-state index in [2.05, 4.69) is 5.32 Å². The summed E-state index contributed by atoms with van der Waals surface area (Å²) in [6.45, 7) is 5.25. The van der Waals surface area contributed by atoms with Gasteiger partial charge in [-0.2, -0.15) is 0 Å². The summed E-state index contributed by atoms with van der Waals surface area (Å²) in [5.74, 6) is -0.988. The summed E-state index contributed by atoms with van der Waals surface area (Å²) in [4.78, 5) is 24.3. The molecule has 0 aromatic carbocycles. The first-order chi connectivity index (χ1) is 7.39. The Morgan fingerprint density at radius 1 is 1.44 bits per heavy atom. The highest BCUT2D eigenvalue weighted by Gasteiger charge is 2.37. The molecule has 0 aliphatic heterocycles. The number of likely N-dealkylation sites (N-methyl/N-ethyl adjacent to an activating group) is 1. The molecule has 0 aromatic rings. The van der Waals surface area contributed by atoms with E-state index in [4.69, 9.17) is 5.11 Å². The van der Waals surface area contributed by atoms with E-state index in [9.17, 15) is 9.59 Å². The second-order valence-corrected chi connectivity index (χ2v) is 4.69. The quantitative estimate of drug-likeness (QED) is 0.764. The Kier molecular flexibility index (Phi) is 3.78. The maximum absolute atomic E-state index is 11.9. The molecule has 0 heterocycles. The van der Waals surface area contributed by atoms with E-state index in [0.717, 1.165) is 19.3 Å². The fourth-order valence-corrected chi connectivity index (χ4v) is 1.71. The van der Waals surface area contributed by atoms with Gasteiger partial charge in [0.25, 0.3) is 0 Å². The largest absolute Gasteiger partial charge is 0.480 e. The van der Waals surface area contributed by atoms with Crippen LogP contribution < -0.4 is 5.32 Å². The lowest BCUT2D eigenvalue weighted by Gasteiger charge is -2.37. The van der Waals surface area contributed by atoms with Crippen molar-refractivity contribution in [2.45, 2.75) is 51.6 Å². The average Bonchev–Trinajstić information content (AvgIpc) is 2.12. The van der Waals surface area contributed by atoms with Crippen LogP contribution in [0.15, 0.2) is 0 Å². The average molecular weight is 228 g/mol. The van der Waals surface area contributed by atoms with Crippen molar-refractivity contribution in [1.29, 1.82) is 0 Å². The zero-order valence-corrected chi connectivity index (χ0v) is 10.1. The van der Waals surface area contributed by atoms with E-state index in [1.54, 1.807) is 20.8 Å². The Morgan fingerprint density at radius 3 is 2.31 bits per heavy atom. The van der Waals surface area contributed by atoms with Crippen LogP contribution in [0, 0.1) is 0 Å². The second kappa shape index (κ2) is 4.72. The van der Waals surface area contributed by atoms with Crippen molar-refractivity contribution < 1.29 is 14.7 Å². The molecule has 1 rings (SSSR count). The number of nitrogens with zero attached hydrogens (tertiary/aromatic N) is 1. The Morgan fingerprint density at radius 2 is 2.00 bits per heavy atom. The van der Waals surface area contributed by atoms with Gasteiger partial charge in [0.15, 0.2) is 0 Å². The van der Waals surface area contributed by atoms with Crippen LogP contribution in [0.25, 0.3) is 0 Å². The summed E-state index contributed by atoms with van der Waals surface area (Å²) in [6, 6.07) is -0.0502. The van der Waals surface area contributed by atoms with Gasteiger partial charge in [0, 0.05) is 12.6 Å². The van der Waals surface area contributed by atoms with Gasteiger partial charge in [-0.15, -0.1) is 0 Å². The van der Waals surface area contributed by atoms with E-state index in [1.807, 2.05) is 0 Å². The van der Waals surface area contributed by atoms with Gasteiger partial charge in [-0.1, -0.05) is 0 Å². The molecule has 1 aliphatic rings. The van der Waals surface area contributed by atoms with Crippen LogP contribution in [-0.4, -0.2) is 40.1 Å². The zero-order chi connectivity index (χ0) is 12.3. The Balaban J connectivity index is 2.64. The molecule has 0 bridgehead atoms. The van der Waals surface area contributed by atoms with Crippen LogP contribution in [0.3, 0.4) is 0 Å². The number of carbonyl (C=O) groups excluding carboxylic acids is 1. The third-order valence-electron chi connectivity index (χ3n) is 3.19. The number of hydrogen-bond acceptors (Lipinski definition) is 2. The molecule has 2 N–H and O–H groups in total. The number of nitrogens with one attached hydrogen (secondary N) is 1. The van der Waals surface area contributed by atoms with Crippen LogP contribution in [0.4, 0.5) is 4.79 Å². The van der Waals surface area contributed by atoms with E-state index >= 15 is 0 Å².